The highest BCUT2D eigenvalue weighted by Gasteiger charge is 2.35. The Bertz CT molecular complexity index is 1020. The van der Waals surface area contributed by atoms with Gasteiger partial charge in [0.25, 0.3) is 23.3 Å². The van der Waals surface area contributed by atoms with Crippen LogP contribution in [0, 0.1) is 0 Å². The molecule has 0 radical (unpaired) electrons. The van der Waals surface area contributed by atoms with Crippen molar-refractivity contribution >= 4 is 23.4 Å². The summed E-state index contributed by atoms with van der Waals surface area (Å²) in [6.45, 7) is 0.310. The summed E-state index contributed by atoms with van der Waals surface area (Å²) in [7, 11) is 1.46. The van der Waals surface area contributed by atoms with E-state index in [1.807, 2.05) is 4.98 Å². The molecule has 0 bridgehead atoms. The molecule has 0 saturated carbocycles. The topological polar surface area (TPSA) is 141 Å². The van der Waals surface area contributed by atoms with Crippen molar-refractivity contribution in [2.24, 2.45) is 0 Å². The maximum Gasteiger partial charge on any atom is 0.325 e. The second-order valence-corrected chi connectivity index (χ2v) is 5.45. The van der Waals surface area contributed by atoms with Gasteiger partial charge in [-0.1, -0.05) is 0 Å². The molecule has 1 aromatic carbocycles. The van der Waals surface area contributed by atoms with Gasteiger partial charge in [-0.25, -0.2) is 4.79 Å². The molecule has 1 aliphatic heterocycles. The molecule has 0 saturated heterocycles. The zero-order valence-corrected chi connectivity index (χ0v) is 13.6. The molecule has 2 heterocycles. The third kappa shape index (κ3) is 3.05. The summed E-state index contributed by atoms with van der Waals surface area (Å²) in [5.74, 6) is -1.63. The Labute approximate surface area is 145 Å². The molecule has 2 aromatic rings. The van der Waals surface area contributed by atoms with Gasteiger partial charge >= 0.3 is 5.69 Å². The molecule has 10 nitrogen and oxygen atoms in total. The predicted molar refractivity (Wildman–Crippen MR) is 89.3 cm³/mol. The van der Waals surface area contributed by atoms with Crippen LogP contribution in [0.3, 0.4) is 0 Å². The standard InChI is InChI=1S/C16H14N4O6/c1-26-5-4-20-14(23)9-3-2-8(6-10(9)15(20)24)12(21)18-11-7-17-16(25)19-13(11)22/h2-3,6-7H,4-5H2,1H3,(H,18,21)(H2,17,19,22,25). The number of aromatic nitrogens is 2. The molecule has 3 amide bonds. The van der Waals surface area contributed by atoms with Gasteiger partial charge < -0.3 is 15.0 Å². The van der Waals surface area contributed by atoms with Gasteiger partial charge in [-0.2, -0.15) is 0 Å². The van der Waals surface area contributed by atoms with Crippen molar-refractivity contribution in [2.45, 2.75) is 0 Å². The normalized spacial score (nSPS) is 13.0. The second kappa shape index (κ2) is 6.76. The van der Waals surface area contributed by atoms with Crippen LogP contribution in [0.4, 0.5) is 5.69 Å². The Hall–Kier alpha value is -3.53. The lowest BCUT2D eigenvalue weighted by molar-refractivity contribution is 0.0603. The van der Waals surface area contributed by atoms with E-state index in [0.29, 0.717) is 0 Å². The number of ether oxygens (including phenoxy) is 1. The molecule has 10 heteroatoms. The number of hydrogen-bond donors (Lipinski definition) is 3. The van der Waals surface area contributed by atoms with Crippen molar-refractivity contribution in [1.82, 2.24) is 14.9 Å². The third-order valence-electron chi connectivity index (χ3n) is 3.82. The number of rotatable bonds is 5. The minimum Gasteiger partial charge on any atom is -0.383 e. The summed E-state index contributed by atoms with van der Waals surface area (Å²) in [4.78, 5) is 64.8. The molecule has 0 atom stereocenters. The highest BCUT2D eigenvalue weighted by Crippen LogP contribution is 2.24. The quantitative estimate of drug-likeness (QED) is 0.619. The lowest BCUT2D eigenvalue weighted by atomic mass is 10.1. The zero-order chi connectivity index (χ0) is 18.8. The van der Waals surface area contributed by atoms with Crippen LogP contribution in [0.25, 0.3) is 0 Å². The van der Waals surface area contributed by atoms with Gasteiger partial charge in [0, 0.05) is 18.9 Å². The summed E-state index contributed by atoms with van der Waals surface area (Å²) in [5, 5.41) is 2.33. The molecule has 1 aromatic heterocycles. The fourth-order valence-corrected chi connectivity index (χ4v) is 2.51. The Morgan fingerprint density at radius 2 is 1.88 bits per heavy atom. The van der Waals surface area contributed by atoms with E-state index in [-0.39, 0.29) is 35.5 Å². The smallest absolute Gasteiger partial charge is 0.325 e. The number of carbonyl (C=O) groups is 3. The Morgan fingerprint density at radius 1 is 1.15 bits per heavy atom. The number of imide groups is 1. The number of fused-ring (bicyclic) bond motifs is 1. The molecular formula is C16H14N4O6. The van der Waals surface area contributed by atoms with Crippen molar-refractivity contribution < 1.29 is 19.1 Å². The largest absolute Gasteiger partial charge is 0.383 e. The first-order chi connectivity index (χ1) is 12.4. The molecule has 0 fully saturated rings. The number of methoxy groups -OCH3 is 1. The Kier molecular flexibility index (Phi) is 4.50. The molecule has 3 rings (SSSR count). The van der Waals surface area contributed by atoms with Gasteiger partial charge in [0.15, 0.2) is 0 Å². The van der Waals surface area contributed by atoms with Crippen molar-refractivity contribution in [3.63, 3.8) is 0 Å². The molecule has 0 unspecified atom stereocenters. The van der Waals surface area contributed by atoms with E-state index < -0.39 is 29.0 Å². The van der Waals surface area contributed by atoms with Crippen molar-refractivity contribution in [2.75, 3.05) is 25.6 Å². The van der Waals surface area contributed by atoms with Crippen LogP contribution in [0.5, 0.6) is 0 Å². The van der Waals surface area contributed by atoms with Gasteiger partial charge in [-0.3, -0.25) is 29.1 Å². The Morgan fingerprint density at radius 3 is 2.58 bits per heavy atom. The zero-order valence-electron chi connectivity index (χ0n) is 13.6. The van der Waals surface area contributed by atoms with Gasteiger partial charge in [0.1, 0.15) is 5.69 Å². The molecular weight excluding hydrogens is 344 g/mol. The molecule has 0 aliphatic carbocycles. The van der Waals surface area contributed by atoms with Crippen LogP contribution in [-0.4, -0.2) is 52.9 Å². The van der Waals surface area contributed by atoms with Crippen LogP contribution in [0.2, 0.25) is 0 Å². The summed E-state index contributed by atoms with van der Waals surface area (Å²) in [6.07, 6.45) is 1.06. The van der Waals surface area contributed by atoms with Gasteiger partial charge in [-0.05, 0) is 18.2 Å². The fraction of sp³-hybridized carbons (Fsp3) is 0.188. The lowest BCUT2D eigenvalue weighted by Gasteiger charge is -2.12. The van der Waals surface area contributed by atoms with Gasteiger partial charge in [-0.15, -0.1) is 0 Å². The monoisotopic (exact) mass is 358 g/mol. The molecule has 0 spiro atoms. The maximum atomic E-state index is 12.4. The van der Waals surface area contributed by atoms with E-state index in [9.17, 15) is 24.0 Å². The van der Waals surface area contributed by atoms with E-state index in [0.717, 1.165) is 11.1 Å². The maximum absolute atomic E-state index is 12.4. The first-order valence-corrected chi connectivity index (χ1v) is 7.55. The number of nitrogens with one attached hydrogen (secondary N) is 3. The van der Waals surface area contributed by atoms with Crippen molar-refractivity contribution in [3.8, 4) is 0 Å². The van der Waals surface area contributed by atoms with Crippen LogP contribution >= 0.6 is 0 Å². The van der Waals surface area contributed by atoms with E-state index in [1.165, 1.54) is 25.3 Å². The first-order valence-electron chi connectivity index (χ1n) is 7.55. The number of nitrogens with zero attached hydrogens (tertiary/aromatic N) is 1. The lowest BCUT2D eigenvalue weighted by Crippen LogP contribution is -2.32. The highest BCUT2D eigenvalue weighted by molar-refractivity contribution is 6.22. The number of H-pyrrole nitrogens is 2. The van der Waals surface area contributed by atoms with E-state index >= 15 is 0 Å². The van der Waals surface area contributed by atoms with Crippen LogP contribution in [-0.2, 0) is 4.74 Å². The van der Waals surface area contributed by atoms with Crippen molar-refractivity contribution in [3.05, 3.63) is 61.9 Å². The first kappa shape index (κ1) is 17.3. The van der Waals surface area contributed by atoms with Crippen LogP contribution in [0.1, 0.15) is 31.1 Å². The molecule has 1 aliphatic rings. The predicted octanol–water partition coefficient (Wildman–Crippen LogP) is -0.442. The van der Waals surface area contributed by atoms with Crippen LogP contribution < -0.4 is 16.6 Å². The fourth-order valence-electron chi connectivity index (χ4n) is 2.51. The summed E-state index contributed by atoms with van der Waals surface area (Å²) in [6, 6.07) is 4.05. The number of aromatic amines is 2. The SMILES string of the molecule is COCCN1C(=O)c2ccc(C(=O)Nc3c[nH]c(=O)[nH]c3=O)cc2C1=O. The Balaban J connectivity index is 1.86. The number of carbonyl (C=O) groups excluding carboxylic acids is 3. The van der Waals surface area contributed by atoms with Crippen molar-refractivity contribution in [1.29, 1.82) is 0 Å². The number of hydrogen-bond acceptors (Lipinski definition) is 6. The second-order valence-electron chi connectivity index (χ2n) is 5.45. The minimum atomic E-state index is -0.764. The molecule has 134 valence electrons. The summed E-state index contributed by atoms with van der Waals surface area (Å²) < 4.78 is 4.88. The van der Waals surface area contributed by atoms with Crippen LogP contribution in [0.15, 0.2) is 34.0 Å². The van der Waals surface area contributed by atoms with E-state index in [4.69, 9.17) is 4.74 Å². The van der Waals surface area contributed by atoms with E-state index in [2.05, 4.69) is 10.3 Å². The van der Waals surface area contributed by atoms with Gasteiger partial charge in [0.05, 0.1) is 24.3 Å². The highest BCUT2D eigenvalue weighted by atomic mass is 16.5. The third-order valence-corrected chi connectivity index (χ3v) is 3.82. The molecule has 3 N–H and O–H groups in total. The summed E-state index contributed by atoms with van der Waals surface area (Å²) in [5.41, 5.74) is -1.23. The number of anilines is 1. The van der Waals surface area contributed by atoms with E-state index in [1.54, 1.807) is 0 Å². The average Bonchev–Trinajstić information content (AvgIpc) is 2.86. The number of amides is 3. The summed E-state index contributed by atoms with van der Waals surface area (Å²) >= 11 is 0. The number of benzene rings is 1. The minimum absolute atomic E-state index is 0.0871. The average molecular weight is 358 g/mol. The van der Waals surface area contributed by atoms with Gasteiger partial charge in [0.2, 0.25) is 0 Å². The molecule has 26 heavy (non-hydrogen) atoms.